The fraction of sp³-hybridized carbons (Fsp3) is 0.833. The molecule has 0 aromatic heterocycles. The molecule has 1 N–H and O–H groups in total. The second-order valence-electron chi connectivity index (χ2n) is 2.52. The molecule has 4 heteroatoms. The van der Waals surface area contributed by atoms with Gasteiger partial charge in [-0.25, -0.2) is 8.78 Å². The van der Waals surface area contributed by atoms with Crippen LogP contribution in [0.2, 0.25) is 0 Å². The third-order valence-electron chi connectivity index (χ3n) is 1.97. The van der Waals surface area contributed by atoms with Crippen LogP contribution in [0.4, 0.5) is 8.78 Å². The SMILES string of the molecule is O=C(O)C1CC[C@H]1C(F)F. The number of carbonyl (C=O) groups is 1. The van der Waals surface area contributed by atoms with Gasteiger partial charge in [0.1, 0.15) is 0 Å². The van der Waals surface area contributed by atoms with Crippen LogP contribution in [0.15, 0.2) is 0 Å². The normalized spacial score (nSPS) is 31.9. The van der Waals surface area contributed by atoms with E-state index in [9.17, 15) is 13.6 Å². The van der Waals surface area contributed by atoms with Crippen LogP contribution >= 0.6 is 0 Å². The Kier molecular flexibility index (Phi) is 1.87. The fourth-order valence-electron chi connectivity index (χ4n) is 1.13. The van der Waals surface area contributed by atoms with Crippen molar-refractivity contribution < 1.29 is 18.7 Å². The Balaban J connectivity index is 2.43. The van der Waals surface area contributed by atoms with Gasteiger partial charge < -0.3 is 5.11 Å². The van der Waals surface area contributed by atoms with Crippen molar-refractivity contribution in [2.45, 2.75) is 19.3 Å². The molecule has 0 bridgehead atoms. The van der Waals surface area contributed by atoms with Crippen LogP contribution in [-0.2, 0) is 4.79 Å². The van der Waals surface area contributed by atoms with E-state index in [4.69, 9.17) is 5.11 Å². The molecule has 0 heterocycles. The first kappa shape index (κ1) is 7.44. The van der Waals surface area contributed by atoms with Crippen molar-refractivity contribution in [1.82, 2.24) is 0 Å². The van der Waals surface area contributed by atoms with Gasteiger partial charge in [-0.2, -0.15) is 0 Å². The van der Waals surface area contributed by atoms with Crippen LogP contribution in [0.1, 0.15) is 12.8 Å². The Bertz CT molecular complexity index is 147. The summed E-state index contributed by atoms with van der Waals surface area (Å²) in [5.74, 6) is -2.77. The molecule has 1 fully saturated rings. The molecule has 0 saturated heterocycles. The van der Waals surface area contributed by atoms with Crippen LogP contribution in [0.5, 0.6) is 0 Å². The molecule has 0 spiro atoms. The third kappa shape index (κ3) is 1.10. The van der Waals surface area contributed by atoms with E-state index < -0.39 is 24.2 Å². The summed E-state index contributed by atoms with van der Waals surface area (Å²) < 4.78 is 23.7. The molecule has 1 saturated carbocycles. The summed E-state index contributed by atoms with van der Waals surface area (Å²) in [7, 11) is 0. The Labute approximate surface area is 56.8 Å². The van der Waals surface area contributed by atoms with Gasteiger partial charge in [-0.1, -0.05) is 0 Å². The maximum Gasteiger partial charge on any atom is 0.306 e. The number of rotatable bonds is 2. The van der Waals surface area contributed by atoms with Crippen molar-refractivity contribution in [2.24, 2.45) is 11.8 Å². The molecule has 0 aromatic rings. The van der Waals surface area contributed by atoms with Gasteiger partial charge in [0.25, 0.3) is 0 Å². The number of alkyl halides is 2. The Morgan fingerprint density at radius 3 is 2.20 bits per heavy atom. The highest BCUT2D eigenvalue weighted by Crippen LogP contribution is 2.38. The van der Waals surface area contributed by atoms with Gasteiger partial charge >= 0.3 is 5.97 Å². The minimum absolute atomic E-state index is 0.356. The molecular weight excluding hydrogens is 142 g/mol. The molecular formula is C6H8F2O2. The zero-order valence-corrected chi connectivity index (χ0v) is 5.26. The van der Waals surface area contributed by atoms with Gasteiger partial charge in [0.2, 0.25) is 6.43 Å². The topological polar surface area (TPSA) is 37.3 Å². The summed E-state index contributed by atoms with van der Waals surface area (Å²) in [6, 6.07) is 0. The fourth-order valence-corrected chi connectivity index (χ4v) is 1.13. The highest BCUT2D eigenvalue weighted by molar-refractivity contribution is 5.71. The molecule has 2 nitrogen and oxygen atoms in total. The summed E-state index contributed by atoms with van der Waals surface area (Å²) in [5, 5.41) is 8.32. The molecule has 1 aliphatic rings. The van der Waals surface area contributed by atoms with E-state index in [0.29, 0.717) is 12.8 Å². The van der Waals surface area contributed by atoms with Gasteiger partial charge in [0, 0.05) is 5.92 Å². The van der Waals surface area contributed by atoms with E-state index in [1.54, 1.807) is 0 Å². The maximum absolute atomic E-state index is 11.8. The molecule has 1 rings (SSSR count). The number of carboxylic acid groups (broad SMARTS) is 1. The van der Waals surface area contributed by atoms with Crippen molar-refractivity contribution in [1.29, 1.82) is 0 Å². The van der Waals surface area contributed by atoms with Crippen molar-refractivity contribution in [3.8, 4) is 0 Å². The quantitative estimate of drug-likeness (QED) is 0.645. The molecule has 1 aliphatic carbocycles. The number of hydrogen-bond acceptors (Lipinski definition) is 1. The van der Waals surface area contributed by atoms with Crippen LogP contribution in [-0.4, -0.2) is 17.5 Å². The molecule has 10 heavy (non-hydrogen) atoms. The minimum atomic E-state index is -2.46. The first-order valence-corrected chi connectivity index (χ1v) is 3.14. The van der Waals surface area contributed by atoms with Crippen molar-refractivity contribution >= 4 is 5.97 Å². The van der Waals surface area contributed by atoms with Gasteiger partial charge in [-0.3, -0.25) is 4.79 Å². The maximum atomic E-state index is 11.8. The lowest BCUT2D eigenvalue weighted by Gasteiger charge is -2.32. The van der Waals surface area contributed by atoms with Crippen molar-refractivity contribution in [3.05, 3.63) is 0 Å². The molecule has 0 aliphatic heterocycles. The van der Waals surface area contributed by atoms with Gasteiger partial charge in [0.05, 0.1) is 5.92 Å². The Morgan fingerprint density at radius 2 is 2.10 bits per heavy atom. The predicted octanol–water partition coefficient (Wildman–Crippen LogP) is 1.36. The molecule has 0 amide bonds. The summed E-state index contributed by atoms with van der Waals surface area (Å²) in [6.07, 6.45) is -1.70. The van der Waals surface area contributed by atoms with Crippen LogP contribution in [0.3, 0.4) is 0 Å². The highest BCUT2D eigenvalue weighted by Gasteiger charge is 2.42. The molecule has 1 unspecified atom stereocenters. The van der Waals surface area contributed by atoms with Gasteiger partial charge in [-0.15, -0.1) is 0 Å². The lowest BCUT2D eigenvalue weighted by Crippen LogP contribution is -2.37. The molecule has 2 atom stereocenters. The second-order valence-corrected chi connectivity index (χ2v) is 2.52. The van der Waals surface area contributed by atoms with Crippen LogP contribution in [0, 0.1) is 11.8 Å². The summed E-state index contributed by atoms with van der Waals surface area (Å²) in [6.45, 7) is 0. The average molecular weight is 150 g/mol. The van der Waals surface area contributed by atoms with Crippen molar-refractivity contribution in [3.63, 3.8) is 0 Å². The minimum Gasteiger partial charge on any atom is -0.481 e. The highest BCUT2D eigenvalue weighted by atomic mass is 19.3. The lowest BCUT2D eigenvalue weighted by atomic mass is 9.74. The van der Waals surface area contributed by atoms with Gasteiger partial charge in [-0.05, 0) is 12.8 Å². The van der Waals surface area contributed by atoms with E-state index in [0.717, 1.165) is 0 Å². The standard InChI is InChI=1S/C6H8F2O2/c7-5(8)3-1-2-4(3)6(9)10/h3-5H,1-2H2,(H,9,10)/t3-,4?/m1/s1. The number of hydrogen-bond donors (Lipinski definition) is 1. The van der Waals surface area contributed by atoms with Gasteiger partial charge in [0.15, 0.2) is 0 Å². The van der Waals surface area contributed by atoms with Crippen LogP contribution < -0.4 is 0 Å². The molecule has 0 aromatic carbocycles. The zero-order chi connectivity index (χ0) is 7.72. The van der Waals surface area contributed by atoms with E-state index in [1.165, 1.54) is 0 Å². The first-order valence-electron chi connectivity index (χ1n) is 3.14. The Morgan fingerprint density at radius 1 is 1.50 bits per heavy atom. The smallest absolute Gasteiger partial charge is 0.306 e. The number of carboxylic acids is 1. The summed E-state index contributed by atoms with van der Waals surface area (Å²) in [4.78, 5) is 10.2. The van der Waals surface area contributed by atoms with E-state index in [2.05, 4.69) is 0 Å². The van der Waals surface area contributed by atoms with Crippen molar-refractivity contribution in [2.75, 3.05) is 0 Å². The zero-order valence-electron chi connectivity index (χ0n) is 5.26. The van der Waals surface area contributed by atoms with E-state index in [1.807, 2.05) is 0 Å². The molecule has 58 valence electrons. The summed E-state index contributed by atoms with van der Waals surface area (Å²) in [5.41, 5.74) is 0. The molecule has 0 radical (unpaired) electrons. The predicted molar refractivity (Wildman–Crippen MR) is 29.9 cm³/mol. The number of halogens is 2. The largest absolute Gasteiger partial charge is 0.481 e. The number of aliphatic carboxylic acids is 1. The van der Waals surface area contributed by atoms with Crippen LogP contribution in [0.25, 0.3) is 0 Å². The third-order valence-corrected chi connectivity index (χ3v) is 1.97. The Hall–Kier alpha value is -0.670. The van der Waals surface area contributed by atoms with E-state index >= 15 is 0 Å². The second kappa shape index (κ2) is 2.52. The monoisotopic (exact) mass is 150 g/mol. The average Bonchev–Trinajstić information content (AvgIpc) is 1.56. The van der Waals surface area contributed by atoms with E-state index in [-0.39, 0.29) is 0 Å². The summed E-state index contributed by atoms with van der Waals surface area (Å²) >= 11 is 0. The lowest BCUT2D eigenvalue weighted by molar-refractivity contribution is -0.152. The first-order chi connectivity index (χ1) is 4.63.